The highest BCUT2D eigenvalue weighted by Gasteiger charge is 1.95. The van der Waals surface area contributed by atoms with Gasteiger partial charge in [-0.2, -0.15) is 0 Å². The predicted molar refractivity (Wildman–Crippen MR) is 77.3 cm³/mol. The predicted octanol–water partition coefficient (Wildman–Crippen LogP) is 1.53. The molecule has 1 heterocycles. The number of nitrogens with one attached hydrogen (secondary N) is 2. The van der Waals surface area contributed by atoms with Gasteiger partial charge in [0.15, 0.2) is 0 Å². The van der Waals surface area contributed by atoms with Gasteiger partial charge in [-0.3, -0.25) is 16.3 Å². The maximum absolute atomic E-state index is 5.18. The minimum Gasteiger partial charge on any atom is -0.387 e. The van der Waals surface area contributed by atoms with Gasteiger partial charge in [0.2, 0.25) is 0 Å². The van der Waals surface area contributed by atoms with Gasteiger partial charge in [-0.25, -0.2) is 0 Å². The van der Waals surface area contributed by atoms with Crippen molar-refractivity contribution in [2.75, 3.05) is 18.8 Å². The molecular formula is C11H18N4S2. The van der Waals surface area contributed by atoms with Crippen LogP contribution in [0.2, 0.25) is 0 Å². The van der Waals surface area contributed by atoms with E-state index in [-0.39, 0.29) is 0 Å². The number of nitrogens with zero attached hydrogens (tertiary/aromatic N) is 1. The molecule has 0 aromatic carbocycles. The lowest BCUT2D eigenvalue weighted by Gasteiger charge is -2.07. The average Bonchev–Trinajstić information content (AvgIpc) is 2.35. The van der Waals surface area contributed by atoms with Crippen LogP contribution in [0, 0.1) is 0 Å². The first-order valence-corrected chi connectivity index (χ1v) is 7.81. The molecule has 1 aromatic rings. The highest BCUT2D eigenvalue weighted by molar-refractivity contribution is 8.76. The highest BCUT2D eigenvalue weighted by atomic mass is 33.1. The zero-order valence-electron chi connectivity index (χ0n) is 9.69. The molecule has 4 N–H and O–H groups in total. The first-order chi connectivity index (χ1) is 8.33. The van der Waals surface area contributed by atoms with Gasteiger partial charge in [0, 0.05) is 36.5 Å². The van der Waals surface area contributed by atoms with Crippen LogP contribution in [0.4, 0.5) is 0 Å². The Labute approximate surface area is 110 Å². The Bertz CT molecular complexity index is 319. The van der Waals surface area contributed by atoms with Crippen LogP contribution in [0.3, 0.4) is 0 Å². The maximum atomic E-state index is 5.18. The summed E-state index contributed by atoms with van der Waals surface area (Å²) in [5.41, 5.74) is 4.60. The second-order valence-corrected chi connectivity index (χ2v) is 5.90. The van der Waals surface area contributed by atoms with Crippen molar-refractivity contribution in [1.29, 1.82) is 0 Å². The molecule has 1 rings (SSSR count). The Kier molecular flexibility index (Phi) is 7.91. The van der Waals surface area contributed by atoms with Gasteiger partial charge in [-0.1, -0.05) is 34.2 Å². The third-order valence-electron chi connectivity index (χ3n) is 1.89. The molecule has 0 radical (unpaired) electrons. The van der Waals surface area contributed by atoms with Gasteiger partial charge in [-0.05, 0) is 12.1 Å². The van der Waals surface area contributed by atoms with Crippen molar-refractivity contribution in [3.63, 3.8) is 0 Å². The quantitative estimate of drug-likeness (QED) is 0.274. The van der Waals surface area contributed by atoms with Crippen molar-refractivity contribution < 1.29 is 0 Å². The van der Waals surface area contributed by atoms with Crippen molar-refractivity contribution in [3.8, 4) is 0 Å². The molecule has 94 valence electrons. The summed E-state index contributed by atoms with van der Waals surface area (Å²) in [5, 5.41) is 3.20. The minimum atomic E-state index is 0.603. The van der Waals surface area contributed by atoms with E-state index in [9.17, 15) is 0 Å². The van der Waals surface area contributed by atoms with Crippen LogP contribution in [0.1, 0.15) is 5.69 Å². The summed E-state index contributed by atoms with van der Waals surface area (Å²) < 4.78 is 0. The van der Waals surface area contributed by atoms with E-state index in [1.807, 2.05) is 46.0 Å². The van der Waals surface area contributed by atoms with Gasteiger partial charge in [0.05, 0.1) is 5.69 Å². The van der Waals surface area contributed by atoms with Gasteiger partial charge >= 0.3 is 0 Å². The van der Waals surface area contributed by atoms with Crippen LogP contribution in [0.5, 0.6) is 0 Å². The van der Waals surface area contributed by atoms with Crippen LogP contribution in [0.25, 0.3) is 0 Å². The van der Waals surface area contributed by atoms with Gasteiger partial charge < -0.3 is 5.32 Å². The van der Waals surface area contributed by atoms with Crippen molar-refractivity contribution in [1.82, 2.24) is 15.7 Å². The van der Waals surface area contributed by atoms with E-state index in [4.69, 9.17) is 5.84 Å². The summed E-state index contributed by atoms with van der Waals surface area (Å²) in [7, 11) is 3.65. The molecule has 0 aliphatic rings. The monoisotopic (exact) mass is 270 g/mol. The van der Waals surface area contributed by atoms with Crippen LogP contribution in [-0.2, 0) is 5.75 Å². The van der Waals surface area contributed by atoms with Gasteiger partial charge in [-0.15, -0.1) is 0 Å². The maximum Gasteiger partial charge on any atom is 0.0511 e. The van der Waals surface area contributed by atoms with E-state index < -0.39 is 0 Å². The molecule has 0 bridgehead atoms. The molecule has 0 atom stereocenters. The van der Waals surface area contributed by atoms with Gasteiger partial charge in [0.25, 0.3) is 0 Å². The number of hydrazine groups is 1. The second-order valence-electron chi connectivity index (χ2n) is 3.32. The standard InChI is InChI=1S/C11H18N4S2/c1-10(8-15-12)13-6-7-16-17-9-11-4-2-3-5-14-11/h2-5,13,15H,1,6-9,12H2. The second kappa shape index (κ2) is 9.35. The third kappa shape index (κ3) is 7.27. The van der Waals surface area contributed by atoms with Crippen molar-refractivity contribution >= 4 is 21.6 Å². The summed E-state index contributed by atoms with van der Waals surface area (Å²) in [6.45, 7) is 5.34. The molecule has 0 saturated carbocycles. The molecule has 0 spiro atoms. The molecule has 1 aromatic heterocycles. The lowest BCUT2D eigenvalue weighted by Crippen LogP contribution is -2.30. The largest absolute Gasteiger partial charge is 0.387 e. The summed E-state index contributed by atoms with van der Waals surface area (Å²) in [4.78, 5) is 4.26. The number of aromatic nitrogens is 1. The Morgan fingerprint density at radius 1 is 1.41 bits per heavy atom. The Balaban J connectivity index is 1.96. The fraction of sp³-hybridized carbons (Fsp3) is 0.364. The number of rotatable bonds is 9. The molecule has 0 saturated heterocycles. The highest BCUT2D eigenvalue weighted by Crippen LogP contribution is 2.24. The smallest absolute Gasteiger partial charge is 0.0511 e. The zero-order valence-corrected chi connectivity index (χ0v) is 11.3. The molecule has 0 unspecified atom stereocenters. The fourth-order valence-corrected chi connectivity index (χ4v) is 2.99. The first-order valence-electron chi connectivity index (χ1n) is 5.32. The van der Waals surface area contributed by atoms with Crippen LogP contribution in [0.15, 0.2) is 36.7 Å². The normalized spacial score (nSPS) is 10.2. The molecule has 0 aliphatic carbocycles. The molecule has 17 heavy (non-hydrogen) atoms. The fourth-order valence-electron chi connectivity index (χ4n) is 1.10. The number of pyridine rings is 1. The van der Waals surface area contributed by atoms with E-state index in [2.05, 4.69) is 22.3 Å². The molecule has 4 nitrogen and oxygen atoms in total. The van der Waals surface area contributed by atoms with Crippen LogP contribution < -0.4 is 16.6 Å². The molecule has 0 amide bonds. The van der Waals surface area contributed by atoms with Crippen LogP contribution in [-0.4, -0.2) is 23.8 Å². The number of hydrogen-bond acceptors (Lipinski definition) is 6. The zero-order chi connectivity index (χ0) is 12.3. The van der Waals surface area contributed by atoms with Gasteiger partial charge in [0.1, 0.15) is 0 Å². The Hall–Kier alpha value is -0.690. The SMILES string of the molecule is C=C(CNN)NCCSSCc1ccccn1. The topological polar surface area (TPSA) is 63.0 Å². The third-order valence-corrected chi connectivity index (χ3v) is 4.20. The van der Waals surface area contributed by atoms with E-state index in [0.717, 1.165) is 29.4 Å². The van der Waals surface area contributed by atoms with Crippen molar-refractivity contribution in [2.45, 2.75) is 5.75 Å². The molecular weight excluding hydrogens is 252 g/mol. The average molecular weight is 270 g/mol. The van der Waals surface area contributed by atoms with E-state index in [0.29, 0.717) is 6.54 Å². The lowest BCUT2D eigenvalue weighted by molar-refractivity contribution is 0.730. The summed E-state index contributed by atoms with van der Waals surface area (Å²) >= 11 is 0. The summed E-state index contributed by atoms with van der Waals surface area (Å²) in [5.74, 6) is 7.15. The molecule has 0 aliphatic heterocycles. The summed E-state index contributed by atoms with van der Waals surface area (Å²) in [6, 6.07) is 5.99. The van der Waals surface area contributed by atoms with E-state index >= 15 is 0 Å². The van der Waals surface area contributed by atoms with Crippen molar-refractivity contribution in [3.05, 3.63) is 42.4 Å². The molecule has 0 fully saturated rings. The Morgan fingerprint density at radius 2 is 2.29 bits per heavy atom. The Morgan fingerprint density at radius 3 is 3.00 bits per heavy atom. The first kappa shape index (κ1) is 14.4. The number of nitrogens with two attached hydrogens (primary N) is 1. The van der Waals surface area contributed by atoms with Crippen LogP contribution >= 0.6 is 21.6 Å². The van der Waals surface area contributed by atoms with Crippen molar-refractivity contribution in [2.24, 2.45) is 5.84 Å². The summed E-state index contributed by atoms with van der Waals surface area (Å²) in [6.07, 6.45) is 1.83. The van der Waals surface area contributed by atoms with E-state index in [1.54, 1.807) is 0 Å². The minimum absolute atomic E-state index is 0.603. The van der Waals surface area contributed by atoms with E-state index in [1.165, 1.54) is 0 Å². The molecule has 6 heteroatoms. The lowest BCUT2D eigenvalue weighted by atomic mass is 10.4. The number of hydrogen-bond donors (Lipinski definition) is 3.